The van der Waals surface area contributed by atoms with E-state index in [4.69, 9.17) is 23.2 Å². The number of Topliss-reactive ketones (excluding diaryl/α,β-unsaturated/α-hetero) is 1. The van der Waals surface area contributed by atoms with Gasteiger partial charge >= 0.3 is 0 Å². The zero-order chi connectivity index (χ0) is 12.7. The first-order chi connectivity index (χ1) is 7.40. The van der Waals surface area contributed by atoms with Gasteiger partial charge in [0.15, 0.2) is 5.78 Å². The van der Waals surface area contributed by atoms with Crippen LogP contribution in [-0.2, 0) is 4.79 Å². The molecule has 2 nitrogen and oxygen atoms in total. The summed E-state index contributed by atoms with van der Waals surface area (Å²) < 4.78 is 0. The molecule has 0 aromatic heterocycles. The van der Waals surface area contributed by atoms with Gasteiger partial charge in [0.2, 0.25) is 0 Å². The summed E-state index contributed by atoms with van der Waals surface area (Å²) in [6.07, 6.45) is 2.08. The van der Waals surface area contributed by atoms with E-state index < -0.39 is 6.10 Å². The Labute approximate surface area is 108 Å². The Kier molecular flexibility index (Phi) is 8.08. The average Bonchev–Trinajstić information content (AvgIpc) is 2.14. The van der Waals surface area contributed by atoms with Gasteiger partial charge in [-0.3, -0.25) is 4.79 Å². The molecule has 2 atom stereocenters. The third kappa shape index (κ3) is 5.88. The van der Waals surface area contributed by atoms with E-state index in [0.29, 0.717) is 23.4 Å². The van der Waals surface area contributed by atoms with Crippen molar-refractivity contribution in [3.8, 4) is 0 Å². The van der Waals surface area contributed by atoms with Crippen LogP contribution in [0.2, 0.25) is 0 Å². The minimum atomic E-state index is -0.815. The maximum Gasteiger partial charge on any atom is 0.162 e. The molecule has 2 unspecified atom stereocenters. The van der Waals surface area contributed by atoms with Crippen molar-refractivity contribution in [1.29, 1.82) is 0 Å². The van der Waals surface area contributed by atoms with Gasteiger partial charge in [-0.1, -0.05) is 24.9 Å². The zero-order valence-corrected chi connectivity index (χ0v) is 11.6. The van der Waals surface area contributed by atoms with Crippen LogP contribution in [0, 0.1) is 0 Å². The van der Waals surface area contributed by atoms with E-state index in [-0.39, 0.29) is 11.2 Å². The molecule has 1 N–H and O–H groups in total. The van der Waals surface area contributed by atoms with E-state index >= 15 is 0 Å². The molecule has 94 valence electrons. The van der Waals surface area contributed by atoms with E-state index in [0.717, 1.165) is 12.8 Å². The van der Waals surface area contributed by atoms with Gasteiger partial charge in [0.05, 0.1) is 6.10 Å². The zero-order valence-electron chi connectivity index (χ0n) is 10.1. The molecule has 0 aromatic rings. The summed E-state index contributed by atoms with van der Waals surface area (Å²) in [4.78, 5) is 11.8. The fourth-order valence-corrected chi connectivity index (χ4v) is 2.18. The van der Waals surface area contributed by atoms with Gasteiger partial charge < -0.3 is 5.11 Å². The van der Waals surface area contributed by atoms with Gasteiger partial charge in [-0.25, -0.2) is 0 Å². The summed E-state index contributed by atoms with van der Waals surface area (Å²) in [6, 6.07) is 0. The van der Waals surface area contributed by atoms with E-state index in [9.17, 15) is 9.90 Å². The number of halogens is 2. The minimum absolute atomic E-state index is 0.0276. The topological polar surface area (TPSA) is 37.3 Å². The highest BCUT2D eigenvalue weighted by atomic mass is 35.5. The number of carbonyl (C=O) groups is 1. The largest absolute Gasteiger partial charge is 0.389 e. The molecule has 0 saturated heterocycles. The lowest BCUT2D eigenvalue weighted by Gasteiger charge is -2.12. The van der Waals surface area contributed by atoms with Crippen LogP contribution in [0.1, 0.15) is 46.5 Å². The molecule has 0 aromatic carbocycles. The number of allylic oxidation sites excluding steroid dienone is 1. The van der Waals surface area contributed by atoms with E-state index in [1.54, 1.807) is 13.8 Å². The van der Waals surface area contributed by atoms with Crippen molar-refractivity contribution in [2.45, 2.75) is 57.9 Å². The number of aliphatic hydroxyl groups is 1. The molecule has 16 heavy (non-hydrogen) atoms. The number of hydrogen-bond donors (Lipinski definition) is 1. The molecule has 0 amide bonds. The molecule has 0 spiro atoms. The Bertz CT molecular complexity index is 256. The predicted molar refractivity (Wildman–Crippen MR) is 69.0 cm³/mol. The number of aliphatic hydroxyl groups excluding tert-OH is 1. The highest BCUT2D eigenvalue weighted by molar-refractivity contribution is 6.31. The molecular formula is C12H20Cl2O2. The van der Waals surface area contributed by atoms with Crippen LogP contribution in [-0.4, -0.2) is 22.4 Å². The summed E-state index contributed by atoms with van der Waals surface area (Å²) in [5.41, 5.74) is 0.307. The maximum atomic E-state index is 11.8. The van der Waals surface area contributed by atoms with Crippen molar-refractivity contribution in [3.05, 3.63) is 10.6 Å². The van der Waals surface area contributed by atoms with Crippen LogP contribution in [0.3, 0.4) is 0 Å². The Balaban J connectivity index is 4.30. The molecule has 0 aliphatic heterocycles. The predicted octanol–water partition coefficient (Wildman–Crippen LogP) is 3.64. The third-order valence-electron chi connectivity index (χ3n) is 2.38. The molecule has 0 heterocycles. The monoisotopic (exact) mass is 266 g/mol. The first kappa shape index (κ1) is 16.0. The van der Waals surface area contributed by atoms with Gasteiger partial charge in [0.1, 0.15) is 0 Å². The van der Waals surface area contributed by atoms with Crippen molar-refractivity contribution in [3.63, 3.8) is 0 Å². The average molecular weight is 267 g/mol. The fraction of sp³-hybridized carbons (Fsp3) is 0.750. The van der Waals surface area contributed by atoms with Crippen molar-refractivity contribution in [2.75, 3.05) is 0 Å². The van der Waals surface area contributed by atoms with E-state index in [2.05, 4.69) is 6.92 Å². The number of rotatable bonds is 7. The molecule has 0 aliphatic carbocycles. The second-order valence-electron chi connectivity index (χ2n) is 3.97. The van der Waals surface area contributed by atoms with Gasteiger partial charge in [-0.15, -0.1) is 11.6 Å². The summed E-state index contributed by atoms with van der Waals surface area (Å²) in [6.45, 7) is 5.22. The highest BCUT2D eigenvalue weighted by Crippen LogP contribution is 2.19. The molecule has 0 rings (SSSR count). The molecule has 0 radical (unpaired) electrons. The first-order valence-corrected chi connectivity index (χ1v) is 6.43. The molecule has 0 fully saturated rings. The standard InChI is InChI=1S/C12H20Cl2O2/c1-4-5-10(14)6-7-11(16)12(8(2)13)9(3)15/h9-10,15H,4-7H2,1-3H3/b12-8+. The van der Waals surface area contributed by atoms with Crippen molar-refractivity contribution >= 4 is 29.0 Å². The van der Waals surface area contributed by atoms with Crippen molar-refractivity contribution in [1.82, 2.24) is 0 Å². The van der Waals surface area contributed by atoms with Crippen LogP contribution in [0.25, 0.3) is 0 Å². The lowest BCUT2D eigenvalue weighted by Crippen LogP contribution is -2.17. The number of hydrogen-bond acceptors (Lipinski definition) is 2. The number of alkyl halides is 1. The summed E-state index contributed by atoms with van der Waals surface area (Å²) in [7, 11) is 0. The lowest BCUT2D eigenvalue weighted by atomic mass is 10.0. The van der Waals surface area contributed by atoms with Crippen molar-refractivity contribution in [2.24, 2.45) is 0 Å². The Morgan fingerprint density at radius 3 is 2.31 bits per heavy atom. The molecule has 0 saturated carbocycles. The van der Waals surface area contributed by atoms with Gasteiger partial charge in [0, 0.05) is 22.4 Å². The molecule has 0 aliphatic rings. The fourth-order valence-electron chi connectivity index (χ4n) is 1.59. The number of carbonyl (C=O) groups excluding carboxylic acids is 1. The van der Waals surface area contributed by atoms with Gasteiger partial charge in [-0.05, 0) is 26.7 Å². The molecule has 0 bridgehead atoms. The van der Waals surface area contributed by atoms with E-state index in [1.165, 1.54) is 0 Å². The Morgan fingerprint density at radius 1 is 1.38 bits per heavy atom. The Morgan fingerprint density at radius 2 is 1.94 bits per heavy atom. The SMILES string of the molecule is CCCC(Cl)CCC(=O)/C(=C(\C)Cl)C(C)O. The van der Waals surface area contributed by atoms with Crippen LogP contribution in [0.15, 0.2) is 10.6 Å². The summed E-state index contributed by atoms with van der Waals surface area (Å²) in [5, 5.41) is 9.82. The number of ketones is 1. The smallest absolute Gasteiger partial charge is 0.162 e. The second-order valence-corrected chi connectivity index (χ2v) is 5.16. The normalized spacial score (nSPS) is 16.6. The third-order valence-corrected chi connectivity index (χ3v) is 3.02. The first-order valence-electron chi connectivity index (χ1n) is 5.61. The second kappa shape index (κ2) is 8.10. The van der Waals surface area contributed by atoms with Gasteiger partial charge in [0.25, 0.3) is 0 Å². The Hall–Kier alpha value is -0.0500. The van der Waals surface area contributed by atoms with Crippen LogP contribution >= 0.6 is 23.2 Å². The van der Waals surface area contributed by atoms with Crippen LogP contribution in [0.4, 0.5) is 0 Å². The van der Waals surface area contributed by atoms with Crippen LogP contribution < -0.4 is 0 Å². The lowest BCUT2D eigenvalue weighted by molar-refractivity contribution is -0.116. The maximum absolute atomic E-state index is 11.8. The molecule has 4 heteroatoms. The van der Waals surface area contributed by atoms with Gasteiger partial charge in [-0.2, -0.15) is 0 Å². The quantitative estimate of drug-likeness (QED) is 0.565. The van der Waals surface area contributed by atoms with E-state index in [1.807, 2.05) is 0 Å². The minimum Gasteiger partial charge on any atom is -0.389 e. The summed E-state index contributed by atoms with van der Waals surface area (Å²) >= 11 is 11.8. The van der Waals surface area contributed by atoms with Crippen LogP contribution in [0.5, 0.6) is 0 Å². The highest BCUT2D eigenvalue weighted by Gasteiger charge is 2.18. The molecular weight excluding hydrogens is 247 g/mol. The van der Waals surface area contributed by atoms with Crippen molar-refractivity contribution < 1.29 is 9.90 Å². The summed E-state index contributed by atoms with van der Waals surface area (Å²) in [5.74, 6) is -0.107.